The lowest BCUT2D eigenvalue weighted by Gasteiger charge is -2.33. The molecule has 0 saturated heterocycles. The first-order chi connectivity index (χ1) is 19.3. The highest BCUT2D eigenvalue weighted by molar-refractivity contribution is 7.92. The number of hydrogen-bond acceptors (Lipinski definition) is 6. The maximum absolute atomic E-state index is 14.0. The first kappa shape index (κ1) is 31.5. The van der Waals surface area contributed by atoms with Gasteiger partial charge in [0.25, 0.3) is 10.0 Å². The maximum atomic E-state index is 14.0. The van der Waals surface area contributed by atoms with E-state index < -0.39 is 34.1 Å². The van der Waals surface area contributed by atoms with Crippen LogP contribution in [0.5, 0.6) is 11.5 Å². The topological polar surface area (TPSA) is 105 Å². The average molecular weight is 582 g/mol. The van der Waals surface area contributed by atoms with Crippen LogP contribution in [0.25, 0.3) is 0 Å². The second kappa shape index (κ2) is 13.1. The van der Waals surface area contributed by atoms with Gasteiger partial charge in [0.1, 0.15) is 12.6 Å². The van der Waals surface area contributed by atoms with Gasteiger partial charge in [-0.1, -0.05) is 48.0 Å². The van der Waals surface area contributed by atoms with E-state index in [4.69, 9.17) is 9.47 Å². The summed E-state index contributed by atoms with van der Waals surface area (Å²) in [5.74, 6) is -0.175. The summed E-state index contributed by atoms with van der Waals surface area (Å²) >= 11 is 0. The predicted molar refractivity (Wildman–Crippen MR) is 160 cm³/mol. The molecule has 220 valence electrons. The van der Waals surface area contributed by atoms with Crippen LogP contribution in [0.3, 0.4) is 0 Å². The van der Waals surface area contributed by atoms with E-state index in [9.17, 15) is 18.0 Å². The zero-order chi connectivity index (χ0) is 30.4. The van der Waals surface area contributed by atoms with Crippen molar-refractivity contribution in [1.29, 1.82) is 0 Å². The molecule has 0 saturated carbocycles. The van der Waals surface area contributed by atoms with Gasteiger partial charge in [-0.15, -0.1) is 0 Å². The van der Waals surface area contributed by atoms with E-state index in [-0.39, 0.29) is 23.0 Å². The second-order valence-electron chi connectivity index (χ2n) is 10.8. The molecule has 0 heterocycles. The van der Waals surface area contributed by atoms with Crippen molar-refractivity contribution in [2.45, 2.75) is 57.6 Å². The number of hydrogen-bond donors (Lipinski definition) is 1. The van der Waals surface area contributed by atoms with Crippen molar-refractivity contribution in [1.82, 2.24) is 10.2 Å². The zero-order valence-corrected chi connectivity index (χ0v) is 25.5. The van der Waals surface area contributed by atoms with Gasteiger partial charge in [0.15, 0.2) is 11.5 Å². The van der Waals surface area contributed by atoms with Crippen molar-refractivity contribution < 1.29 is 27.5 Å². The summed E-state index contributed by atoms with van der Waals surface area (Å²) in [6.07, 6.45) is 0. The zero-order valence-electron chi connectivity index (χ0n) is 24.7. The largest absolute Gasteiger partial charge is 0.493 e. The number of ether oxygens (including phenoxy) is 2. The third-order valence-corrected chi connectivity index (χ3v) is 8.19. The molecule has 2 amide bonds. The van der Waals surface area contributed by atoms with Crippen LogP contribution in [0.2, 0.25) is 0 Å². The van der Waals surface area contributed by atoms with E-state index in [1.807, 2.05) is 52.0 Å². The van der Waals surface area contributed by atoms with E-state index in [1.54, 1.807) is 37.3 Å². The highest BCUT2D eigenvalue weighted by Crippen LogP contribution is 2.34. The van der Waals surface area contributed by atoms with Crippen LogP contribution in [0.1, 0.15) is 38.8 Å². The smallest absolute Gasteiger partial charge is 0.264 e. The Morgan fingerprint density at radius 3 is 2.07 bits per heavy atom. The predicted octanol–water partition coefficient (Wildman–Crippen LogP) is 4.54. The third kappa shape index (κ3) is 8.00. The van der Waals surface area contributed by atoms with Gasteiger partial charge >= 0.3 is 0 Å². The molecule has 1 atom stereocenters. The number of sulfonamides is 1. The van der Waals surface area contributed by atoms with Crippen molar-refractivity contribution >= 4 is 27.5 Å². The van der Waals surface area contributed by atoms with Gasteiger partial charge in [0.2, 0.25) is 11.8 Å². The molecule has 0 aliphatic carbocycles. The minimum Gasteiger partial charge on any atom is -0.493 e. The number of nitrogens with one attached hydrogen (secondary N) is 1. The summed E-state index contributed by atoms with van der Waals surface area (Å²) in [7, 11) is -1.27. The number of carbonyl (C=O) groups excluding carboxylic acids is 2. The number of anilines is 1. The molecule has 0 aromatic heterocycles. The SMILES string of the molecule is COc1ccc(N(CC(=O)N(Cc2ccc(C)cc2)[C@@H](C)C(=O)NC(C)(C)C)S(=O)(=O)c2ccccc2)cc1OC. The number of methoxy groups -OCH3 is 2. The molecule has 0 bridgehead atoms. The summed E-state index contributed by atoms with van der Waals surface area (Å²) in [6.45, 7) is 8.73. The Morgan fingerprint density at radius 1 is 0.902 bits per heavy atom. The van der Waals surface area contributed by atoms with E-state index in [1.165, 1.54) is 37.3 Å². The first-order valence-corrected chi connectivity index (χ1v) is 14.7. The fourth-order valence-corrected chi connectivity index (χ4v) is 5.60. The number of nitrogens with zero attached hydrogens (tertiary/aromatic N) is 2. The summed E-state index contributed by atoms with van der Waals surface area (Å²) in [6, 6.07) is 19.3. The van der Waals surface area contributed by atoms with Gasteiger partial charge in [-0.05, 0) is 64.4 Å². The molecule has 0 spiro atoms. The first-order valence-electron chi connectivity index (χ1n) is 13.2. The second-order valence-corrected chi connectivity index (χ2v) is 12.6. The van der Waals surface area contributed by atoms with Crippen LogP contribution < -0.4 is 19.1 Å². The van der Waals surface area contributed by atoms with E-state index >= 15 is 0 Å². The number of amides is 2. The van der Waals surface area contributed by atoms with E-state index in [0.717, 1.165) is 15.4 Å². The Kier molecular flexibility index (Phi) is 10.0. The molecule has 0 fully saturated rings. The summed E-state index contributed by atoms with van der Waals surface area (Å²) in [5.41, 5.74) is 1.55. The lowest BCUT2D eigenvalue weighted by Crippen LogP contribution is -2.54. The third-order valence-electron chi connectivity index (χ3n) is 6.40. The molecule has 3 rings (SSSR count). The quantitative estimate of drug-likeness (QED) is 0.357. The highest BCUT2D eigenvalue weighted by Gasteiger charge is 2.33. The molecule has 3 aromatic rings. The molecule has 0 aliphatic heterocycles. The van der Waals surface area contributed by atoms with Gasteiger partial charge < -0.3 is 19.7 Å². The number of aryl methyl sites for hydroxylation is 1. The molecule has 3 aromatic carbocycles. The van der Waals surface area contributed by atoms with Crippen LogP contribution >= 0.6 is 0 Å². The Morgan fingerprint density at radius 2 is 1.51 bits per heavy atom. The summed E-state index contributed by atoms with van der Waals surface area (Å²) in [5, 5.41) is 2.92. The van der Waals surface area contributed by atoms with Crippen LogP contribution in [-0.4, -0.2) is 57.5 Å². The van der Waals surface area contributed by atoms with Gasteiger partial charge in [0.05, 0.1) is 24.8 Å². The fraction of sp³-hybridized carbons (Fsp3) is 0.355. The molecular weight excluding hydrogens is 542 g/mol. The van der Waals surface area contributed by atoms with Crippen LogP contribution in [0.4, 0.5) is 5.69 Å². The Bertz CT molecular complexity index is 1450. The lowest BCUT2D eigenvalue weighted by molar-refractivity contribution is -0.140. The minimum absolute atomic E-state index is 0.0196. The number of benzene rings is 3. The highest BCUT2D eigenvalue weighted by atomic mass is 32.2. The van der Waals surface area contributed by atoms with E-state index in [0.29, 0.717) is 11.5 Å². The molecule has 41 heavy (non-hydrogen) atoms. The average Bonchev–Trinajstić information content (AvgIpc) is 2.94. The maximum Gasteiger partial charge on any atom is 0.264 e. The van der Waals surface area contributed by atoms with Gasteiger partial charge in [-0.25, -0.2) is 8.42 Å². The molecule has 1 N–H and O–H groups in total. The van der Waals surface area contributed by atoms with Gasteiger partial charge in [-0.2, -0.15) is 0 Å². The summed E-state index contributed by atoms with van der Waals surface area (Å²) in [4.78, 5) is 28.7. The molecule has 0 aliphatic rings. The summed E-state index contributed by atoms with van der Waals surface area (Å²) < 4.78 is 39.6. The number of carbonyl (C=O) groups is 2. The number of rotatable bonds is 11. The Hall–Kier alpha value is -4.05. The molecule has 0 unspecified atom stereocenters. The van der Waals surface area contributed by atoms with Crippen LogP contribution in [-0.2, 0) is 26.2 Å². The van der Waals surface area contributed by atoms with Crippen molar-refractivity contribution in [3.63, 3.8) is 0 Å². The van der Waals surface area contributed by atoms with Crippen molar-refractivity contribution in [3.05, 3.63) is 83.9 Å². The molecule has 10 heteroatoms. The van der Waals surface area contributed by atoms with Gasteiger partial charge in [-0.3, -0.25) is 13.9 Å². The van der Waals surface area contributed by atoms with Crippen molar-refractivity contribution in [2.75, 3.05) is 25.1 Å². The van der Waals surface area contributed by atoms with Crippen molar-refractivity contribution in [3.8, 4) is 11.5 Å². The monoisotopic (exact) mass is 581 g/mol. The molecule has 9 nitrogen and oxygen atoms in total. The van der Waals surface area contributed by atoms with Crippen LogP contribution in [0.15, 0.2) is 77.7 Å². The normalized spacial score (nSPS) is 12.3. The van der Waals surface area contributed by atoms with Crippen LogP contribution in [0, 0.1) is 6.92 Å². The Balaban J connectivity index is 2.08. The Labute approximate surface area is 243 Å². The fourth-order valence-electron chi connectivity index (χ4n) is 4.18. The minimum atomic E-state index is -4.19. The molecular formula is C31H39N3O6S. The lowest BCUT2D eigenvalue weighted by atomic mass is 10.1. The molecule has 0 radical (unpaired) electrons. The van der Waals surface area contributed by atoms with E-state index in [2.05, 4.69) is 5.32 Å². The van der Waals surface area contributed by atoms with Crippen molar-refractivity contribution in [2.24, 2.45) is 0 Å². The standard InChI is InChI=1S/C31H39N3O6S/c1-22-13-15-24(16-14-22)20-33(23(2)30(36)32-31(3,4)5)29(35)21-34(41(37,38)26-11-9-8-10-12-26)25-17-18-27(39-6)28(19-25)40-7/h8-19,23H,20-21H2,1-7H3,(H,32,36)/t23-/m0/s1. The van der Waals surface area contributed by atoms with Gasteiger partial charge in [0, 0.05) is 18.2 Å².